The molecule has 0 aliphatic rings. The molecule has 0 saturated carbocycles. The van der Waals surface area contributed by atoms with Crippen LogP contribution in [0.15, 0.2) is 77.2 Å². The van der Waals surface area contributed by atoms with Crippen LogP contribution in [0.4, 0.5) is 0 Å². The molecule has 0 atom stereocenters. The molecule has 0 amide bonds. The number of benzene rings is 3. The summed E-state index contributed by atoms with van der Waals surface area (Å²) < 4.78 is 22.5. The predicted molar refractivity (Wildman–Crippen MR) is 122 cm³/mol. The second-order valence-electron chi connectivity index (χ2n) is 7.25. The molecule has 7 heteroatoms. The molecule has 0 spiro atoms. The molecular weight excluding hydrogens is 422 g/mol. The number of aromatic nitrogens is 1. The zero-order valence-corrected chi connectivity index (χ0v) is 18.3. The van der Waals surface area contributed by atoms with Crippen LogP contribution in [-0.4, -0.2) is 23.2 Å². The number of ether oxygens (including phenoxy) is 3. The summed E-state index contributed by atoms with van der Waals surface area (Å²) >= 11 is 0. The van der Waals surface area contributed by atoms with Crippen LogP contribution in [0.1, 0.15) is 27.4 Å². The lowest BCUT2D eigenvalue weighted by Crippen LogP contribution is -2.05. The summed E-state index contributed by atoms with van der Waals surface area (Å²) in [5, 5.41) is 9.46. The van der Waals surface area contributed by atoms with Crippen molar-refractivity contribution in [1.29, 1.82) is 0 Å². The number of rotatable bonds is 9. The zero-order valence-electron chi connectivity index (χ0n) is 18.3. The maximum atomic E-state index is 11.6. The number of aromatic carboxylic acids is 1. The third kappa shape index (κ3) is 5.15. The summed E-state index contributed by atoms with van der Waals surface area (Å²) in [7, 11) is 1.42. The van der Waals surface area contributed by atoms with Crippen molar-refractivity contribution in [2.75, 3.05) is 7.11 Å². The number of aryl methyl sites for hydroxylation is 1. The van der Waals surface area contributed by atoms with E-state index in [1.165, 1.54) is 7.11 Å². The molecule has 1 aromatic heterocycles. The third-order valence-corrected chi connectivity index (χ3v) is 5.03. The van der Waals surface area contributed by atoms with Crippen LogP contribution in [0, 0.1) is 6.92 Å². The molecule has 4 aromatic rings. The summed E-state index contributed by atoms with van der Waals surface area (Å²) in [6, 6.07) is 22.0. The van der Waals surface area contributed by atoms with Gasteiger partial charge in [-0.3, -0.25) is 0 Å². The van der Waals surface area contributed by atoms with Crippen molar-refractivity contribution < 1.29 is 28.5 Å². The molecular formula is C26H23NO6. The smallest absolute Gasteiger partial charge is 0.343 e. The summed E-state index contributed by atoms with van der Waals surface area (Å²) in [4.78, 5) is 16.1. The normalized spacial score (nSPS) is 10.6. The fraction of sp³-hybridized carbons (Fsp3) is 0.154. The molecule has 1 N–H and O–H groups in total. The number of nitrogens with zero attached hydrogens (tertiary/aromatic N) is 1. The van der Waals surface area contributed by atoms with Crippen LogP contribution in [0.5, 0.6) is 17.2 Å². The van der Waals surface area contributed by atoms with E-state index in [2.05, 4.69) is 4.98 Å². The van der Waals surface area contributed by atoms with Crippen LogP contribution < -0.4 is 14.2 Å². The van der Waals surface area contributed by atoms with Crippen LogP contribution in [0.2, 0.25) is 0 Å². The van der Waals surface area contributed by atoms with Crippen molar-refractivity contribution in [2.24, 2.45) is 0 Å². The molecule has 0 aliphatic carbocycles. The Morgan fingerprint density at radius 1 is 0.909 bits per heavy atom. The minimum Gasteiger partial charge on any atom is -0.496 e. The highest BCUT2D eigenvalue weighted by Crippen LogP contribution is 2.29. The molecule has 0 radical (unpaired) electrons. The molecule has 1 heterocycles. The van der Waals surface area contributed by atoms with E-state index in [0.717, 1.165) is 16.8 Å². The van der Waals surface area contributed by atoms with Gasteiger partial charge in [0.05, 0.1) is 7.11 Å². The average molecular weight is 445 g/mol. The van der Waals surface area contributed by atoms with Crippen LogP contribution in [0.3, 0.4) is 0 Å². The first-order valence-corrected chi connectivity index (χ1v) is 10.3. The van der Waals surface area contributed by atoms with E-state index in [1.807, 2.05) is 61.5 Å². The molecule has 7 nitrogen and oxygen atoms in total. The van der Waals surface area contributed by atoms with E-state index >= 15 is 0 Å². The predicted octanol–water partition coefficient (Wildman–Crippen LogP) is 5.51. The highest BCUT2D eigenvalue weighted by Gasteiger charge is 2.17. The number of hydrogen-bond donors (Lipinski definition) is 1. The summed E-state index contributed by atoms with van der Waals surface area (Å²) in [6.45, 7) is 2.35. The van der Waals surface area contributed by atoms with Crippen LogP contribution >= 0.6 is 0 Å². The van der Waals surface area contributed by atoms with Gasteiger partial charge in [-0.25, -0.2) is 9.78 Å². The Bertz CT molecular complexity index is 1230. The standard InChI is InChI=1S/C26H23NO6/c1-17-21(27-25(33-17)19-7-4-3-5-8-19)16-31-20-13-11-18(12-14-20)15-32-23-10-6-9-22(30-2)24(23)26(28)29/h3-14H,15-16H2,1-2H3,(H,28,29). The number of carboxylic acid groups (broad SMARTS) is 1. The molecule has 4 rings (SSSR count). The van der Waals surface area contributed by atoms with Gasteiger partial charge in [-0.1, -0.05) is 36.4 Å². The molecule has 0 fully saturated rings. The van der Waals surface area contributed by atoms with E-state index < -0.39 is 5.97 Å². The Labute approximate surface area is 191 Å². The number of carboxylic acids is 1. The lowest BCUT2D eigenvalue weighted by molar-refractivity contribution is 0.0688. The largest absolute Gasteiger partial charge is 0.496 e. The Morgan fingerprint density at radius 2 is 1.64 bits per heavy atom. The van der Waals surface area contributed by atoms with Gasteiger partial charge in [-0.05, 0) is 48.9 Å². The first-order chi connectivity index (χ1) is 16.0. The lowest BCUT2D eigenvalue weighted by atomic mass is 10.1. The minimum absolute atomic E-state index is 0.00203. The van der Waals surface area contributed by atoms with Crippen LogP contribution in [0.25, 0.3) is 11.5 Å². The second kappa shape index (κ2) is 9.91. The van der Waals surface area contributed by atoms with Gasteiger partial charge in [0, 0.05) is 5.56 Å². The molecule has 3 aromatic carbocycles. The molecule has 168 valence electrons. The Hall–Kier alpha value is -4.26. The van der Waals surface area contributed by atoms with Crippen molar-refractivity contribution >= 4 is 5.97 Å². The van der Waals surface area contributed by atoms with E-state index in [-0.39, 0.29) is 30.3 Å². The SMILES string of the molecule is COc1cccc(OCc2ccc(OCc3nc(-c4ccccc4)oc3C)cc2)c1C(=O)O. The van der Waals surface area contributed by atoms with Gasteiger partial charge in [0.15, 0.2) is 0 Å². The first kappa shape index (κ1) is 22.0. The maximum absolute atomic E-state index is 11.6. The highest BCUT2D eigenvalue weighted by atomic mass is 16.5. The fourth-order valence-corrected chi connectivity index (χ4v) is 3.27. The minimum atomic E-state index is -1.11. The molecule has 0 unspecified atom stereocenters. The lowest BCUT2D eigenvalue weighted by Gasteiger charge is -2.12. The van der Waals surface area contributed by atoms with Gasteiger partial charge < -0.3 is 23.7 Å². The van der Waals surface area contributed by atoms with Gasteiger partial charge >= 0.3 is 5.97 Å². The summed E-state index contributed by atoms with van der Waals surface area (Å²) in [5.41, 5.74) is 2.52. The first-order valence-electron chi connectivity index (χ1n) is 10.3. The van der Waals surface area contributed by atoms with E-state index in [1.54, 1.807) is 18.2 Å². The Morgan fingerprint density at radius 3 is 2.33 bits per heavy atom. The number of methoxy groups -OCH3 is 1. The monoisotopic (exact) mass is 445 g/mol. The van der Waals surface area contributed by atoms with Crippen molar-refractivity contribution in [2.45, 2.75) is 20.1 Å². The molecule has 33 heavy (non-hydrogen) atoms. The number of hydrogen-bond acceptors (Lipinski definition) is 6. The topological polar surface area (TPSA) is 91.0 Å². The van der Waals surface area contributed by atoms with Crippen molar-refractivity contribution in [1.82, 2.24) is 4.98 Å². The molecule has 0 aliphatic heterocycles. The van der Waals surface area contributed by atoms with Gasteiger partial charge in [-0.15, -0.1) is 0 Å². The zero-order chi connectivity index (χ0) is 23.2. The van der Waals surface area contributed by atoms with Crippen molar-refractivity contribution in [3.63, 3.8) is 0 Å². The number of carbonyl (C=O) groups is 1. The van der Waals surface area contributed by atoms with E-state index in [9.17, 15) is 9.90 Å². The van der Waals surface area contributed by atoms with Crippen molar-refractivity contribution in [3.8, 4) is 28.7 Å². The Kier molecular flexibility index (Phi) is 6.59. The summed E-state index contributed by atoms with van der Waals surface area (Å²) in [5.74, 6) is 1.35. The van der Waals surface area contributed by atoms with Gasteiger partial charge in [0.25, 0.3) is 0 Å². The molecule has 0 bridgehead atoms. The number of oxazole rings is 1. The van der Waals surface area contributed by atoms with E-state index in [0.29, 0.717) is 17.4 Å². The van der Waals surface area contributed by atoms with E-state index in [4.69, 9.17) is 18.6 Å². The summed E-state index contributed by atoms with van der Waals surface area (Å²) in [6.07, 6.45) is 0. The molecule has 0 saturated heterocycles. The highest BCUT2D eigenvalue weighted by molar-refractivity contribution is 5.94. The van der Waals surface area contributed by atoms with Crippen LogP contribution in [-0.2, 0) is 13.2 Å². The third-order valence-electron chi connectivity index (χ3n) is 5.03. The van der Waals surface area contributed by atoms with Gasteiger partial charge in [-0.2, -0.15) is 0 Å². The van der Waals surface area contributed by atoms with Gasteiger partial charge in [0.1, 0.15) is 47.5 Å². The quantitative estimate of drug-likeness (QED) is 0.363. The fourth-order valence-electron chi connectivity index (χ4n) is 3.27. The maximum Gasteiger partial charge on any atom is 0.343 e. The second-order valence-corrected chi connectivity index (χ2v) is 7.25. The van der Waals surface area contributed by atoms with Gasteiger partial charge in [0.2, 0.25) is 5.89 Å². The van der Waals surface area contributed by atoms with Crippen molar-refractivity contribution in [3.05, 3.63) is 95.4 Å². The average Bonchev–Trinajstić information content (AvgIpc) is 3.22. The Balaban J connectivity index is 1.37.